The number of hydrogen-bond donors (Lipinski definition) is 1. The van der Waals surface area contributed by atoms with Crippen molar-refractivity contribution in [2.24, 2.45) is 23.5 Å². The minimum Gasteiger partial charge on any atom is -0.480 e. The van der Waals surface area contributed by atoms with Crippen molar-refractivity contribution in [1.29, 1.82) is 0 Å². The van der Waals surface area contributed by atoms with Crippen molar-refractivity contribution < 1.29 is 9.47 Å². The molecular formula is C14H21N3O2. The van der Waals surface area contributed by atoms with Gasteiger partial charge in [0.05, 0.1) is 26.5 Å². The van der Waals surface area contributed by atoms with E-state index in [1.54, 1.807) is 20.4 Å². The quantitative estimate of drug-likeness (QED) is 0.898. The van der Waals surface area contributed by atoms with Gasteiger partial charge in [0.2, 0.25) is 11.8 Å². The van der Waals surface area contributed by atoms with Crippen molar-refractivity contribution >= 4 is 0 Å². The smallest absolute Gasteiger partial charge is 0.240 e. The number of rotatable bonds is 4. The number of aromatic nitrogens is 2. The van der Waals surface area contributed by atoms with Crippen molar-refractivity contribution in [3.8, 4) is 11.8 Å². The molecule has 1 aromatic heterocycles. The van der Waals surface area contributed by atoms with Crippen LogP contribution >= 0.6 is 0 Å². The summed E-state index contributed by atoms with van der Waals surface area (Å²) in [6.07, 6.45) is 6.93. The number of ether oxygens (including phenoxy) is 2. The zero-order chi connectivity index (χ0) is 13.4. The van der Waals surface area contributed by atoms with Gasteiger partial charge in [-0.25, -0.2) is 4.98 Å². The number of hydrogen-bond acceptors (Lipinski definition) is 5. The summed E-state index contributed by atoms with van der Waals surface area (Å²) < 4.78 is 10.4. The van der Waals surface area contributed by atoms with E-state index in [-0.39, 0.29) is 6.04 Å². The number of fused-ring (bicyclic) bond motifs is 1. The van der Waals surface area contributed by atoms with E-state index in [1.165, 1.54) is 25.7 Å². The lowest BCUT2D eigenvalue weighted by atomic mass is 10.0. The van der Waals surface area contributed by atoms with Gasteiger partial charge in [-0.3, -0.25) is 0 Å². The van der Waals surface area contributed by atoms with Crippen LogP contribution < -0.4 is 15.2 Å². The summed E-state index contributed by atoms with van der Waals surface area (Å²) in [5, 5.41) is 0. The highest BCUT2D eigenvalue weighted by Crippen LogP contribution is 2.60. The molecule has 0 saturated heterocycles. The van der Waals surface area contributed by atoms with Crippen molar-refractivity contribution in [3.63, 3.8) is 0 Å². The van der Waals surface area contributed by atoms with Gasteiger partial charge in [-0.15, -0.1) is 0 Å². The Morgan fingerprint density at radius 1 is 1.21 bits per heavy atom. The van der Waals surface area contributed by atoms with Gasteiger partial charge in [0.15, 0.2) is 0 Å². The summed E-state index contributed by atoms with van der Waals surface area (Å²) in [5.74, 6) is 3.09. The molecule has 0 aliphatic heterocycles. The molecule has 1 aromatic rings. The Kier molecular flexibility index (Phi) is 3.31. The second kappa shape index (κ2) is 4.96. The molecule has 2 saturated carbocycles. The van der Waals surface area contributed by atoms with Crippen molar-refractivity contribution in [2.75, 3.05) is 14.2 Å². The van der Waals surface area contributed by atoms with Gasteiger partial charge in [0.25, 0.3) is 0 Å². The van der Waals surface area contributed by atoms with Crippen LogP contribution in [0.5, 0.6) is 11.8 Å². The Morgan fingerprint density at radius 2 is 1.89 bits per heavy atom. The third kappa shape index (κ3) is 2.16. The Balaban J connectivity index is 1.81. The molecule has 104 valence electrons. The van der Waals surface area contributed by atoms with Crippen LogP contribution in [0.2, 0.25) is 0 Å². The van der Waals surface area contributed by atoms with E-state index < -0.39 is 0 Å². The minimum atomic E-state index is -0.0681. The maximum atomic E-state index is 6.40. The maximum absolute atomic E-state index is 6.40. The predicted molar refractivity (Wildman–Crippen MR) is 71.0 cm³/mol. The molecule has 0 radical (unpaired) electrons. The van der Waals surface area contributed by atoms with Crippen molar-refractivity contribution in [2.45, 2.75) is 31.7 Å². The fourth-order valence-electron chi connectivity index (χ4n) is 3.61. The molecule has 0 amide bonds. The fourth-order valence-corrected chi connectivity index (χ4v) is 3.61. The van der Waals surface area contributed by atoms with Gasteiger partial charge in [0, 0.05) is 0 Å². The van der Waals surface area contributed by atoms with Crippen LogP contribution in [0.3, 0.4) is 0 Å². The maximum Gasteiger partial charge on any atom is 0.240 e. The van der Waals surface area contributed by atoms with Crippen molar-refractivity contribution in [3.05, 3.63) is 11.9 Å². The van der Waals surface area contributed by atoms with Gasteiger partial charge in [-0.1, -0.05) is 12.8 Å². The monoisotopic (exact) mass is 263 g/mol. The standard InChI is InChI=1S/C14H21N3O2/c1-18-10-7-16-13(14(17-10)19-2)12(15)11-8-5-3-4-6-9(8)11/h7-9,11-12H,3-6,15H2,1-2H3. The molecular weight excluding hydrogens is 242 g/mol. The van der Waals surface area contributed by atoms with E-state index in [4.69, 9.17) is 15.2 Å². The molecule has 3 rings (SSSR count). The number of nitrogens with two attached hydrogens (primary N) is 1. The van der Waals surface area contributed by atoms with E-state index in [2.05, 4.69) is 9.97 Å². The summed E-state index contributed by atoms with van der Waals surface area (Å²) in [6.45, 7) is 0. The summed E-state index contributed by atoms with van der Waals surface area (Å²) in [4.78, 5) is 8.67. The Hall–Kier alpha value is -1.36. The lowest BCUT2D eigenvalue weighted by molar-refractivity contribution is 0.350. The largest absolute Gasteiger partial charge is 0.480 e. The van der Waals surface area contributed by atoms with Crippen LogP contribution in [-0.2, 0) is 0 Å². The molecule has 0 spiro atoms. The highest BCUT2D eigenvalue weighted by molar-refractivity contribution is 5.28. The first kappa shape index (κ1) is 12.7. The zero-order valence-corrected chi connectivity index (χ0v) is 11.5. The molecule has 2 aliphatic rings. The molecule has 5 heteroatoms. The summed E-state index contributed by atoms with van der Waals surface area (Å²) in [6, 6.07) is -0.0681. The average molecular weight is 263 g/mol. The summed E-state index contributed by atoms with van der Waals surface area (Å²) >= 11 is 0. The first-order valence-corrected chi connectivity index (χ1v) is 6.96. The third-order valence-electron chi connectivity index (χ3n) is 4.60. The van der Waals surface area contributed by atoms with Crippen LogP contribution in [-0.4, -0.2) is 24.2 Å². The van der Waals surface area contributed by atoms with E-state index in [0.29, 0.717) is 17.7 Å². The molecule has 5 nitrogen and oxygen atoms in total. The van der Waals surface area contributed by atoms with Crippen molar-refractivity contribution in [1.82, 2.24) is 9.97 Å². The Morgan fingerprint density at radius 3 is 2.47 bits per heavy atom. The van der Waals surface area contributed by atoms with Gasteiger partial charge < -0.3 is 15.2 Å². The SMILES string of the molecule is COc1cnc(C(N)C2C3CCCCC32)c(OC)n1. The van der Waals surface area contributed by atoms with Gasteiger partial charge >= 0.3 is 0 Å². The zero-order valence-electron chi connectivity index (χ0n) is 11.5. The second-order valence-corrected chi connectivity index (χ2v) is 5.52. The molecule has 2 N–H and O–H groups in total. The van der Waals surface area contributed by atoms with E-state index >= 15 is 0 Å². The molecule has 19 heavy (non-hydrogen) atoms. The van der Waals surface area contributed by atoms with Crippen LogP contribution in [0.4, 0.5) is 0 Å². The van der Waals surface area contributed by atoms with Crippen LogP contribution in [0.25, 0.3) is 0 Å². The first-order chi connectivity index (χ1) is 9.26. The van der Waals surface area contributed by atoms with Crippen LogP contribution in [0, 0.1) is 17.8 Å². The molecule has 3 unspecified atom stereocenters. The topological polar surface area (TPSA) is 70.3 Å². The average Bonchev–Trinajstić information content (AvgIpc) is 3.20. The third-order valence-corrected chi connectivity index (χ3v) is 4.60. The summed E-state index contributed by atoms with van der Waals surface area (Å²) in [5.41, 5.74) is 7.17. The highest BCUT2D eigenvalue weighted by atomic mass is 16.5. The normalized spacial score (nSPS) is 30.4. The molecule has 1 heterocycles. The summed E-state index contributed by atoms with van der Waals surface area (Å²) in [7, 11) is 3.16. The van der Waals surface area contributed by atoms with Gasteiger partial charge in [-0.2, -0.15) is 4.98 Å². The number of nitrogens with zero attached hydrogens (tertiary/aromatic N) is 2. The Bertz CT molecular complexity index is 454. The number of methoxy groups -OCH3 is 2. The van der Waals surface area contributed by atoms with Gasteiger partial charge in [0.1, 0.15) is 5.69 Å². The van der Waals surface area contributed by atoms with E-state index in [1.807, 2.05) is 0 Å². The van der Waals surface area contributed by atoms with Gasteiger partial charge in [-0.05, 0) is 30.6 Å². The molecule has 2 aliphatic carbocycles. The van der Waals surface area contributed by atoms with E-state index in [9.17, 15) is 0 Å². The first-order valence-electron chi connectivity index (χ1n) is 6.96. The predicted octanol–water partition coefficient (Wildman–Crippen LogP) is 1.93. The Labute approximate surface area is 113 Å². The lowest BCUT2D eigenvalue weighted by Gasteiger charge is -2.14. The second-order valence-electron chi connectivity index (χ2n) is 5.52. The molecule has 0 bridgehead atoms. The molecule has 2 fully saturated rings. The fraction of sp³-hybridized carbons (Fsp3) is 0.714. The van der Waals surface area contributed by atoms with E-state index in [0.717, 1.165) is 17.5 Å². The molecule has 3 atom stereocenters. The highest BCUT2D eigenvalue weighted by Gasteiger charge is 2.54. The lowest BCUT2D eigenvalue weighted by Crippen LogP contribution is -2.18. The molecule has 0 aromatic carbocycles. The van der Waals surface area contributed by atoms with Crippen LogP contribution in [0.15, 0.2) is 6.20 Å². The minimum absolute atomic E-state index is 0.0681. The van der Waals surface area contributed by atoms with Crippen LogP contribution in [0.1, 0.15) is 37.4 Å².